The third-order valence-electron chi connectivity index (χ3n) is 9.41. The number of benzene rings is 3. The number of phenolic OH excluding ortho intramolecular Hbond substituents is 1. The molecule has 41 heavy (non-hydrogen) atoms. The Morgan fingerprint density at radius 3 is 2.68 bits per heavy atom. The van der Waals surface area contributed by atoms with Gasteiger partial charge in [0.2, 0.25) is 0 Å². The number of nitrogens with one attached hydrogen (secondary N) is 1. The summed E-state index contributed by atoms with van der Waals surface area (Å²) in [5.74, 6) is -1.25. The number of halogens is 3. The number of hydrogen-bond donors (Lipinski definition) is 2. The zero-order valence-electron chi connectivity index (χ0n) is 22.4. The zero-order valence-corrected chi connectivity index (χ0v) is 22.4. The van der Waals surface area contributed by atoms with Gasteiger partial charge in [0.25, 0.3) is 0 Å². The quantitative estimate of drug-likeness (QED) is 0.358. The maximum Gasteiger partial charge on any atom is 0.319 e. The van der Waals surface area contributed by atoms with Crippen LogP contribution in [0, 0.1) is 11.6 Å². The predicted molar refractivity (Wildman–Crippen MR) is 150 cm³/mol. The molecule has 212 valence electrons. The number of phenols is 1. The van der Waals surface area contributed by atoms with Crippen molar-refractivity contribution in [2.75, 3.05) is 37.7 Å². The number of rotatable bonds is 5. The Bertz CT molecular complexity index is 1690. The van der Waals surface area contributed by atoms with E-state index in [4.69, 9.17) is 9.72 Å². The van der Waals surface area contributed by atoms with Crippen molar-refractivity contribution in [1.29, 1.82) is 0 Å². The smallest absolute Gasteiger partial charge is 0.319 e. The van der Waals surface area contributed by atoms with Gasteiger partial charge >= 0.3 is 6.01 Å². The molecular formula is C31H30F3N5O2. The van der Waals surface area contributed by atoms with Crippen molar-refractivity contribution in [2.24, 2.45) is 0 Å². The van der Waals surface area contributed by atoms with Gasteiger partial charge in [0.15, 0.2) is 5.82 Å². The van der Waals surface area contributed by atoms with E-state index in [0.29, 0.717) is 54.7 Å². The molecule has 3 aromatic carbocycles. The average Bonchev–Trinajstić information content (AvgIpc) is 3.47. The standard InChI is InChI=1S/C31H30F3N5O2/c32-18-12-31(6-3-7-39(31)13-18)16-41-30-36-28-24(29(37-30)38-14-19-9-20(15-38)35-19)11-25(33)26(27(28)34)23-10-21(40)8-17-4-1-2-5-22(17)23/h1-2,4-5,8,10-11,18-20,35,40H,3,6-7,9,12-16H2/t18-,19?,20?,31+/m1/s1. The molecule has 9 rings (SSSR count). The Kier molecular flexibility index (Phi) is 5.63. The summed E-state index contributed by atoms with van der Waals surface area (Å²) in [4.78, 5) is 13.4. The van der Waals surface area contributed by atoms with Crippen molar-refractivity contribution in [3.05, 3.63) is 54.1 Å². The van der Waals surface area contributed by atoms with Crippen LogP contribution in [0.4, 0.5) is 19.0 Å². The van der Waals surface area contributed by atoms with Crippen molar-refractivity contribution in [2.45, 2.75) is 49.5 Å². The SMILES string of the molecule is Oc1cc(-c2c(F)cc3c(N4CC5CC(C4)N5)nc(OC[C@@]45CCCN4C[C@H](F)C5)nc3c2F)c2ccccc2c1. The number of aromatic nitrogens is 2. The van der Waals surface area contributed by atoms with Crippen molar-refractivity contribution in [1.82, 2.24) is 20.2 Å². The first-order valence-electron chi connectivity index (χ1n) is 14.3. The Hall–Kier alpha value is -3.63. The maximum absolute atomic E-state index is 16.5. The minimum atomic E-state index is -0.903. The average molecular weight is 562 g/mol. The van der Waals surface area contributed by atoms with Gasteiger partial charge in [0.1, 0.15) is 35.7 Å². The second kappa shape index (κ2) is 9.19. The zero-order chi connectivity index (χ0) is 27.9. The van der Waals surface area contributed by atoms with E-state index in [1.807, 2.05) is 4.90 Å². The number of piperazine rings is 1. The van der Waals surface area contributed by atoms with Crippen LogP contribution in [-0.4, -0.2) is 76.6 Å². The Labute approximate surface area is 234 Å². The minimum Gasteiger partial charge on any atom is -0.508 e. The van der Waals surface area contributed by atoms with Gasteiger partial charge in [-0.25, -0.2) is 13.2 Å². The van der Waals surface area contributed by atoms with E-state index in [0.717, 1.165) is 25.8 Å². The van der Waals surface area contributed by atoms with Crippen LogP contribution in [0.3, 0.4) is 0 Å². The van der Waals surface area contributed by atoms with Crippen molar-refractivity contribution >= 4 is 27.5 Å². The van der Waals surface area contributed by atoms with Crippen molar-refractivity contribution in [3.8, 4) is 22.9 Å². The van der Waals surface area contributed by atoms with Crippen molar-refractivity contribution in [3.63, 3.8) is 0 Å². The van der Waals surface area contributed by atoms with E-state index in [1.165, 1.54) is 12.1 Å². The number of anilines is 1. The predicted octanol–water partition coefficient (Wildman–Crippen LogP) is 4.94. The van der Waals surface area contributed by atoms with Crippen LogP contribution in [0.15, 0.2) is 42.5 Å². The number of aromatic hydroxyl groups is 1. The van der Waals surface area contributed by atoms with E-state index in [-0.39, 0.29) is 40.4 Å². The summed E-state index contributed by atoms with van der Waals surface area (Å²) in [5, 5.41) is 15.4. The van der Waals surface area contributed by atoms with Crippen LogP contribution >= 0.6 is 0 Å². The molecule has 2 unspecified atom stereocenters. The fourth-order valence-electron chi connectivity index (χ4n) is 7.55. The van der Waals surface area contributed by atoms with Crippen LogP contribution in [0.25, 0.3) is 32.8 Å². The lowest BCUT2D eigenvalue weighted by molar-refractivity contribution is 0.107. The van der Waals surface area contributed by atoms with Gasteiger partial charge in [0.05, 0.1) is 11.1 Å². The molecule has 0 saturated carbocycles. The van der Waals surface area contributed by atoms with Crippen LogP contribution in [-0.2, 0) is 0 Å². The molecule has 5 aliphatic rings. The number of ether oxygens (including phenoxy) is 1. The molecule has 2 bridgehead atoms. The Morgan fingerprint density at radius 1 is 1.05 bits per heavy atom. The van der Waals surface area contributed by atoms with Crippen molar-refractivity contribution < 1.29 is 23.0 Å². The molecule has 4 aromatic rings. The Morgan fingerprint density at radius 2 is 1.85 bits per heavy atom. The third kappa shape index (κ3) is 4.02. The molecule has 5 saturated heterocycles. The van der Waals surface area contributed by atoms with Crippen LogP contribution in [0.2, 0.25) is 0 Å². The molecular weight excluding hydrogens is 531 g/mol. The summed E-state index contributed by atoms with van der Waals surface area (Å²) in [6.07, 6.45) is 2.34. The summed E-state index contributed by atoms with van der Waals surface area (Å²) in [6.45, 7) is 2.74. The summed E-state index contributed by atoms with van der Waals surface area (Å²) in [7, 11) is 0. The molecule has 1 aromatic heterocycles. The van der Waals surface area contributed by atoms with Gasteiger partial charge in [-0.2, -0.15) is 9.97 Å². The summed E-state index contributed by atoms with van der Waals surface area (Å²) < 4.78 is 53.0. The first kappa shape index (κ1) is 25.1. The normalized spacial score (nSPS) is 27.4. The molecule has 0 spiro atoms. The first-order valence-corrected chi connectivity index (χ1v) is 14.3. The highest BCUT2D eigenvalue weighted by atomic mass is 19.1. The molecule has 5 fully saturated rings. The van der Waals surface area contributed by atoms with Gasteiger partial charge in [0, 0.05) is 43.5 Å². The molecule has 0 aliphatic carbocycles. The van der Waals surface area contributed by atoms with E-state index >= 15 is 8.78 Å². The monoisotopic (exact) mass is 561 g/mol. The second-order valence-corrected chi connectivity index (χ2v) is 12.1. The fraction of sp³-hybridized carbons (Fsp3) is 0.419. The van der Waals surface area contributed by atoms with Gasteiger partial charge < -0.3 is 20.1 Å². The first-order chi connectivity index (χ1) is 19.9. The highest BCUT2D eigenvalue weighted by Gasteiger charge is 2.49. The van der Waals surface area contributed by atoms with Gasteiger partial charge in [-0.05, 0) is 60.3 Å². The number of fused-ring (bicyclic) bond motifs is 5. The summed E-state index contributed by atoms with van der Waals surface area (Å²) in [5.41, 5.74) is -0.484. The lowest BCUT2D eigenvalue weighted by atomic mass is 9.91. The lowest BCUT2D eigenvalue weighted by Crippen LogP contribution is -2.67. The van der Waals surface area contributed by atoms with E-state index in [1.54, 1.807) is 30.3 Å². The molecule has 0 radical (unpaired) electrons. The molecule has 10 heteroatoms. The summed E-state index contributed by atoms with van der Waals surface area (Å²) in [6, 6.07) is 12.0. The van der Waals surface area contributed by atoms with E-state index in [2.05, 4.69) is 15.2 Å². The number of alkyl halides is 1. The topological polar surface area (TPSA) is 73.8 Å². The van der Waals surface area contributed by atoms with Gasteiger partial charge in [-0.3, -0.25) is 4.90 Å². The van der Waals surface area contributed by atoms with Crippen LogP contribution < -0.4 is 15.0 Å². The number of hydrogen-bond acceptors (Lipinski definition) is 7. The molecule has 6 heterocycles. The van der Waals surface area contributed by atoms with Gasteiger partial charge in [-0.1, -0.05) is 24.3 Å². The molecule has 2 N–H and O–H groups in total. The van der Waals surface area contributed by atoms with Gasteiger partial charge in [-0.15, -0.1) is 0 Å². The maximum atomic E-state index is 16.5. The highest BCUT2D eigenvalue weighted by molar-refractivity contribution is 6.01. The fourth-order valence-corrected chi connectivity index (χ4v) is 7.55. The lowest BCUT2D eigenvalue weighted by Gasteiger charge is -2.48. The van der Waals surface area contributed by atoms with Crippen LogP contribution in [0.1, 0.15) is 25.7 Å². The van der Waals surface area contributed by atoms with E-state index in [9.17, 15) is 9.50 Å². The third-order valence-corrected chi connectivity index (χ3v) is 9.41. The number of nitrogens with zero attached hydrogens (tertiary/aromatic N) is 4. The van der Waals surface area contributed by atoms with Crippen LogP contribution in [0.5, 0.6) is 11.8 Å². The summed E-state index contributed by atoms with van der Waals surface area (Å²) >= 11 is 0. The number of piperidine rings is 1. The highest BCUT2D eigenvalue weighted by Crippen LogP contribution is 2.42. The van der Waals surface area contributed by atoms with E-state index < -0.39 is 23.3 Å². The molecule has 5 aliphatic heterocycles. The molecule has 4 atom stereocenters. The molecule has 0 amide bonds. The largest absolute Gasteiger partial charge is 0.508 e. The second-order valence-electron chi connectivity index (χ2n) is 12.1. The molecule has 7 nitrogen and oxygen atoms in total. The Balaban J connectivity index is 1.27. The minimum absolute atomic E-state index is 0.000430.